The average Bonchev–Trinajstić information content (AvgIpc) is 2.29. The van der Waals surface area contributed by atoms with Crippen LogP contribution in [0.15, 0.2) is 46.2 Å². The minimum absolute atomic E-state index is 0.316. The molecule has 0 aliphatic rings. The Morgan fingerprint density at radius 1 is 0.765 bits per heavy atom. The van der Waals surface area contributed by atoms with Gasteiger partial charge in [-0.05, 0) is 61.4 Å². The molecular weight excluding hydrogens is 232 g/mol. The summed E-state index contributed by atoms with van der Waals surface area (Å²) >= 11 is 1.61. The molecule has 0 fully saturated rings. The van der Waals surface area contributed by atoms with Gasteiger partial charge in [0.25, 0.3) is 0 Å². The van der Waals surface area contributed by atoms with Crippen molar-refractivity contribution in [2.45, 2.75) is 23.6 Å². The molecule has 88 valence electrons. The van der Waals surface area contributed by atoms with Crippen molar-refractivity contribution in [1.82, 2.24) is 0 Å². The van der Waals surface area contributed by atoms with Crippen molar-refractivity contribution in [2.24, 2.45) is 0 Å². The van der Waals surface area contributed by atoms with Crippen LogP contribution in [0.25, 0.3) is 0 Å². The third-order valence-corrected chi connectivity index (χ3v) is 3.55. The van der Waals surface area contributed by atoms with E-state index in [2.05, 4.69) is 0 Å². The normalized spacial score (nSPS) is 10.5. The average molecular weight is 246 g/mol. The third kappa shape index (κ3) is 2.74. The van der Waals surface area contributed by atoms with Crippen molar-refractivity contribution in [1.29, 1.82) is 0 Å². The van der Waals surface area contributed by atoms with Crippen LogP contribution in [-0.2, 0) is 0 Å². The van der Waals surface area contributed by atoms with Crippen LogP contribution in [0.3, 0.4) is 0 Å². The predicted molar refractivity (Wildman–Crippen MR) is 69.8 cm³/mol. The van der Waals surface area contributed by atoms with Crippen molar-refractivity contribution in [2.75, 3.05) is 0 Å². The van der Waals surface area contributed by atoms with E-state index in [4.69, 9.17) is 0 Å². The fraction of sp³-hybridized carbons (Fsp3) is 0.143. The molecule has 0 atom stereocenters. The number of aromatic hydroxyl groups is 2. The molecule has 17 heavy (non-hydrogen) atoms. The Morgan fingerprint density at radius 2 is 1.18 bits per heavy atom. The fourth-order valence-corrected chi connectivity index (χ4v) is 2.53. The Bertz CT molecular complexity index is 500. The standard InChI is InChI=1S/C14H14O2S/c1-9-7-11(3-5-13(9)15)17-12-4-6-14(16)10(2)8-12/h3-8,15-16H,1-2H3. The highest BCUT2D eigenvalue weighted by Crippen LogP contribution is 2.32. The highest BCUT2D eigenvalue weighted by atomic mass is 32.2. The molecule has 0 spiro atoms. The van der Waals surface area contributed by atoms with Crippen LogP contribution in [0.5, 0.6) is 11.5 Å². The molecular formula is C14H14O2S. The molecule has 2 aromatic rings. The van der Waals surface area contributed by atoms with E-state index in [9.17, 15) is 10.2 Å². The van der Waals surface area contributed by atoms with Crippen LogP contribution < -0.4 is 0 Å². The lowest BCUT2D eigenvalue weighted by molar-refractivity contribution is 0.470. The van der Waals surface area contributed by atoms with Gasteiger partial charge in [-0.2, -0.15) is 0 Å². The van der Waals surface area contributed by atoms with Gasteiger partial charge >= 0.3 is 0 Å². The molecule has 0 radical (unpaired) electrons. The van der Waals surface area contributed by atoms with Gasteiger partial charge in [-0.25, -0.2) is 0 Å². The van der Waals surface area contributed by atoms with E-state index in [1.54, 1.807) is 23.9 Å². The summed E-state index contributed by atoms with van der Waals surface area (Å²) in [5.41, 5.74) is 1.73. The molecule has 2 N–H and O–H groups in total. The fourth-order valence-electron chi connectivity index (χ4n) is 1.52. The molecule has 0 aromatic heterocycles. The van der Waals surface area contributed by atoms with Gasteiger partial charge in [0.1, 0.15) is 11.5 Å². The molecule has 0 aliphatic carbocycles. The monoisotopic (exact) mass is 246 g/mol. The van der Waals surface area contributed by atoms with Crippen LogP contribution in [0.4, 0.5) is 0 Å². The van der Waals surface area contributed by atoms with E-state index in [0.29, 0.717) is 11.5 Å². The second kappa shape index (κ2) is 4.72. The zero-order valence-corrected chi connectivity index (χ0v) is 10.6. The summed E-state index contributed by atoms with van der Waals surface area (Å²) in [6, 6.07) is 11.1. The Hall–Kier alpha value is -1.61. The number of phenols is 2. The molecule has 3 heteroatoms. The molecule has 0 heterocycles. The number of benzene rings is 2. The lowest BCUT2D eigenvalue weighted by Crippen LogP contribution is -1.79. The van der Waals surface area contributed by atoms with Gasteiger partial charge in [0.05, 0.1) is 0 Å². The molecule has 2 rings (SSSR count). The maximum Gasteiger partial charge on any atom is 0.118 e. The van der Waals surface area contributed by atoms with E-state index in [1.165, 1.54) is 0 Å². The van der Waals surface area contributed by atoms with Crippen molar-refractivity contribution in [3.8, 4) is 11.5 Å². The summed E-state index contributed by atoms with van der Waals surface area (Å²) in [7, 11) is 0. The Balaban J connectivity index is 2.25. The van der Waals surface area contributed by atoms with Crippen LogP contribution in [-0.4, -0.2) is 10.2 Å². The Labute approximate surface area is 105 Å². The maximum absolute atomic E-state index is 9.45. The van der Waals surface area contributed by atoms with Crippen molar-refractivity contribution in [3.63, 3.8) is 0 Å². The first-order valence-corrected chi connectivity index (χ1v) is 6.15. The van der Waals surface area contributed by atoms with Crippen molar-refractivity contribution < 1.29 is 10.2 Å². The first-order valence-electron chi connectivity index (χ1n) is 5.33. The van der Waals surface area contributed by atoms with Gasteiger partial charge in [-0.1, -0.05) is 11.8 Å². The summed E-state index contributed by atoms with van der Waals surface area (Å²) in [5.74, 6) is 0.632. The lowest BCUT2D eigenvalue weighted by atomic mass is 10.2. The maximum atomic E-state index is 9.45. The van der Waals surface area contributed by atoms with E-state index < -0.39 is 0 Å². The van der Waals surface area contributed by atoms with E-state index in [-0.39, 0.29) is 0 Å². The van der Waals surface area contributed by atoms with Gasteiger partial charge in [-0.3, -0.25) is 0 Å². The van der Waals surface area contributed by atoms with Gasteiger partial charge in [0.15, 0.2) is 0 Å². The second-order valence-corrected chi connectivity index (χ2v) is 5.15. The molecule has 0 saturated heterocycles. The Morgan fingerprint density at radius 3 is 1.53 bits per heavy atom. The smallest absolute Gasteiger partial charge is 0.118 e. The zero-order chi connectivity index (χ0) is 12.4. The number of hydrogen-bond acceptors (Lipinski definition) is 3. The summed E-state index contributed by atoms with van der Waals surface area (Å²) in [6.45, 7) is 3.75. The van der Waals surface area contributed by atoms with Crippen molar-refractivity contribution >= 4 is 11.8 Å². The highest BCUT2D eigenvalue weighted by Gasteiger charge is 2.02. The highest BCUT2D eigenvalue weighted by molar-refractivity contribution is 7.99. The molecule has 2 nitrogen and oxygen atoms in total. The predicted octanol–water partition coefficient (Wildman–Crippen LogP) is 3.87. The van der Waals surface area contributed by atoms with Crippen LogP contribution in [0, 0.1) is 13.8 Å². The molecule has 0 unspecified atom stereocenters. The first-order chi connectivity index (χ1) is 8.06. The van der Waals surface area contributed by atoms with Crippen LogP contribution in [0.2, 0.25) is 0 Å². The van der Waals surface area contributed by atoms with Gasteiger partial charge in [-0.15, -0.1) is 0 Å². The number of phenolic OH excluding ortho intramolecular Hbond substituents is 2. The van der Waals surface area contributed by atoms with E-state index in [1.807, 2.05) is 38.1 Å². The molecule has 0 aliphatic heterocycles. The first kappa shape index (κ1) is 11.9. The van der Waals surface area contributed by atoms with Gasteiger partial charge in [0, 0.05) is 9.79 Å². The minimum atomic E-state index is 0.316. The molecule has 2 aromatic carbocycles. The van der Waals surface area contributed by atoms with Crippen molar-refractivity contribution in [3.05, 3.63) is 47.5 Å². The van der Waals surface area contributed by atoms with Crippen LogP contribution >= 0.6 is 11.8 Å². The SMILES string of the molecule is Cc1cc(Sc2ccc(O)c(C)c2)ccc1O. The van der Waals surface area contributed by atoms with Crippen LogP contribution in [0.1, 0.15) is 11.1 Å². The topological polar surface area (TPSA) is 40.5 Å². The van der Waals surface area contributed by atoms with Gasteiger partial charge in [0.2, 0.25) is 0 Å². The third-order valence-electron chi connectivity index (χ3n) is 2.57. The molecule has 0 amide bonds. The summed E-state index contributed by atoms with van der Waals surface area (Å²) < 4.78 is 0. The molecule has 0 bridgehead atoms. The summed E-state index contributed by atoms with van der Waals surface area (Å²) in [5, 5.41) is 18.9. The zero-order valence-electron chi connectivity index (χ0n) is 9.77. The van der Waals surface area contributed by atoms with Gasteiger partial charge < -0.3 is 10.2 Å². The number of hydrogen-bond donors (Lipinski definition) is 2. The minimum Gasteiger partial charge on any atom is -0.508 e. The number of aryl methyl sites for hydroxylation is 2. The summed E-state index contributed by atoms with van der Waals surface area (Å²) in [4.78, 5) is 2.15. The second-order valence-electron chi connectivity index (χ2n) is 4.00. The lowest BCUT2D eigenvalue weighted by Gasteiger charge is -2.06. The largest absolute Gasteiger partial charge is 0.508 e. The number of rotatable bonds is 2. The quantitative estimate of drug-likeness (QED) is 0.845. The molecule has 0 saturated carbocycles. The Kier molecular flexibility index (Phi) is 3.29. The van der Waals surface area contributed by atoms with E-state index in [0.717, 1.165) is 20.9 Å². The van der Waals surface area contributed by atoms with E-state index >= 15 is 0 Å². The summed E-state index contributed by atoms with van der Waals surface area (Å²) in [6.07, 6.45) is 0.